The Morgan fingerprint density at radius 1 is 1.37 bits per heavy atom. The Bertz CT molecular complexity index is 441. The molecule has 0 aromatic heterocycles. The lowest BCUT2D eigenvalue weighted by Gasteiger charge is -2.21. The molecule has 1 aromatic carbocycles. The van der Waals surface area contributed by atoms with Gasteiger partial charge in [-0.05, 0) is 37.0 Å². The lowest BCUT2D eigenvalue weighted by atomic mass is 10.1. The molecule has 1 aliphatic heterocycles. The van der Waals surface area contributed by atoms with Crippen LogP contribution in [-0.2, 0) is 9.47 Å². The fourth-order valence-corrected chi connectivity index (χ4v) is 1.97. The van der Waals surface area contributed by atoms with E-state index in [1.54, 1.807) is 24.3 Å². The minimum absolute atomic E-state index is 0.143. The zero-order valence-electron chi connectivity index (χ0n) is 10.6. The van der Waals surface area contributed by atoms with Gasteiger partial charge in [-0.2, -0.15) is 0 Å². The predicted octanol–water partition coefficient (Wildman–Crippen LogP) is 2.92. The van der Waals surface area contributed by atoms with Gasteiger partial charge >= 0.3 is 0 Å². The summed E-state index contributed by atoms with van der Waals surface area (Å²) in [4.78, 5) is 0. The standard InChI is InChI=1S/C15H17ClO3/c16-13-8-6-12(7-9-13)14(17)4-3-11-19-15-5-1-2-10-18-15/h6-9,14-15,17H,1-2,5,10-11H2. The first-order chi connectivity index (χ1) is 9.25. The third-order valence-electron chi connectivity index (χ3n) is 2.90. The van der Waals surface area contributed by atoms with E-state index in [1.807, 2.05) is 0 Å². The summed E-state index contributed by atoms with van der Waals surface area (Å²) in [5, 5.41) is 10.5. The maximum Gasteiger partial charge on any atom is 0.158 e. The molecule has 3 nitrogen and oxygen atoms in total. The van der Waals surface area contributed by atoms with Crippen LogP contribution < -0.4 is 0 Å². The van der Waals surface area contributed by atoms with E-state index >= 15 is 0 Å². The van der Waals surface area contributed by atoms with Crippen LogP contribution in [0.3, 0.4) is 0 Å². The van der Waals surface area contributed by atoms with Crippen molar-refractivity contribution < 1.29 is 14.6 Å². The van der Waals surface area contributed by atoms with Crippen molar-refractivity contribution in [1.29, 1.82) is 0 Å². The number of benzene rings is 1. The normalized spacial score (nSPS) is 20.4. The van der Waals surface area contributed by atoms with Crippen molar-refractivity contribution in [2.45, 2.75) is 31.7 Å². The molecule has 4 heteroatoms. The Labute approximate surface area is 118 Å². The van der Waals surface area contributed by atoms with Gasteiger partial charge in [0.15, 0.2) is 6.29 Å². The van der Waals surface area contributed by atoms with Gasteiger partial charge in [-0.3, -0.25) is 0 Å². The Morgan fingerprint density at radius 2 is 2.16 bits per heavy atom. The second-order valence-electron chi connectivity index (χ2n) is 4.38. The number of ether oxygens (including phenoxy) is 2. The molecule has 1 aromatic rings. The minimum atomic E-state index is -0.812. The van der Waals surface area contributed by atoms with Gasteiger partial charge in [-0.1, -0.05) is 35.6 Å². The van der Waals surface area contributed by atoms with Gasteiger partial charge in [0, 0.05) is 11.6 Å². The monoisotopic (exact) mass is 280 g/mol. The van der Waals surface area contributed by atoms with E-state index in [-0.39, 0.29) is 12.9 Å². The van der Waals surface area contributed by atoms with E-state index in [1.165, 1.54) is 0 Å². The van der Waals surface area contributed by atoms with Gasteiger partial charge in [0.05, 0.1) is 0 Å². The first kappa shape index (κ1) is 14.4. The predicted molar refractivity (Wildman–Crippen MR) is 73.7 cm³/mol. The average molecular weight is 281 g/mol. The number of hydrogen-bond acceptors (Lipinski definition) is 3. The molecule has 2 unspecified atom stereocenters. The van der Waals surface area contributed by atoms with Crippen molar-refractivity contribution in [3.05, 3.63) is 34.9 Å². The summed E-state index contributed by atoms with van der Waals surface area (Å²) < 4.78 is 10.9. The Morgan fingerprint density at radius 3 is 2.84 bits per heavy atom. The van der Waals surface area contributed by atoms with Gasteiger partial charge < -0.3 is 14.6 Å². The third kappa shape index (κ3) is 4.85. The molecular formula is C15H17ClO3. The summed E-state index contributed by atoms with van der Waals surface area (Å²) in [5.74, 6) is 5.55. The maximum absolute atomic E-state index is 9.84. The van der Waals surface area contributed by atoms with Gasteiger partial charge in [-0.25, -0.2) is 0 Å². The fraction of sp³-hybridized carbons (Fsp3) is 0.467. The molecular weight excluding hydrogens is 264 g/mol. The Kier molecular flexibility index (Phi) is 5.68. The first-order valence-corrected chi connectivity index (χ1v) is 6.78. The summed E-state index contributed by atoms with van der Waals surface area (Å²) in [6, 6.07) is 6.97. The number of rotatable bonds is 3. The fourth-order valence-electron chi connectivity index (χ4n) is 1.84. The second-order valence-corrected chi connectivity index (χ2v) is 4.82. The largest absolute Gasteiger partial charge is 0.376 e. The van der Waals surface area contributed by atoms with Crippen LogP contribution in [0.5, 0.6) is 0 Å². The summed E-state index contributed by atoms with van der Waals surface area (Å²) in [7, 11) is 0. The summed E-state index contributed by atoms with van der Waals surface area (Å²) >= 11 is 5.78. The van der Waals surface area contributed by atoms with Gasteiger partial charge in [0.2, 0.25) is 0 Å². The molecule has 2 rings (SSSR count). The molecule has 0 spiro atoms. The van der Waals surface area contributed by atoms with E-state index in [0.29, 0.717) is 5.02 Å². The second kappa shape index (κ2) is 7.52. The highest BCUT2D eigenvalue weighted by Crippen LogP contribution is 2.16. The highest BCUT2D eigenvalue weighted by molar-refractivity contribution is 6.30. The molecule has 2 atom stereocenters. The highest BCUT2D eigenvalue weighted by Gasteiger charge is 2.12. The third-order valence-corrected chi connectivity index (χ3v) is 3.16. The summed E-state index contributed by atoms with van der Waals surface area (Å²) in [6.45, 7) is 1.03. The molecule has 19 heavy (non-hydrogen) atoms. The van der Waals surface area contributed by atoms with Crippen LogP contribution in [0.1, 0.15) is 30.9 Å². The van der Waals surface area contributed by atoms with E-state index < -0.39 is 6.10 Å². The summed E-state index contributed by atoms with van der Waals surface area (Å²) in [5.41, 5.74) is 0.728. The number of hydrogen-bond donors (Lipinski definition) is 1. The number of aliphatic hydroxyl groups excluding tert-OH is 1. The van der Waals surface area contributed by atoms with Crippen LogP contribution >= 0.6 is 11.6 Å². The molecule has 1 fully saturated rings. The van der Waals surface area contributed by atoms with Gasteiger partial charge in [0.25, 0.3) is 0 Å². The van der Waals surface area contributed by atoms with Crippen LogP contribution in [0.2, 0.25) is 5.02 Å². The van der Waals surface area contributed by atoms with Crippen LogP contribution in [0.4, 0.5) is 0 Å². The molecule has 0 amide bonds. The van der Waals surface area contributed by atoms with Gasteiger partial charge in [0.1, 0.15) is 12.7 Å². The summed E-state index contributed by atoms with van der Waals surface area (Å²) in [6.07, 6.45) is 2.19. The SMILES string of the molecule is OC(C#CCOC1CCCCO1)c1ccc(Cl)cc1. The van der Waals surface area contributed by atoms with E-state index in [9.17, 15) is 5.11 Å². The Balaban J connectivity index is 1.77. The molecule has 0 radical (unpaired) electrons. The van der Waals surface area contributed by atoms with E-state index in [4.69, 9.17) is 21.1 Å². The zero-order valence-corrected chi connectivity index (χ0v) is 11.4. The smallest absolute Gasteiger partial charge is 0.158 e. The van der Waals surface area contributed by atoms with Crippen molar-refractivity contribution in [3.63, 3.8) is 0 Å². The van der Waals surface area contributed by atoms with Crippen molar-refractivity contribution >= 4 is 11.6 Å². The molecule has 1 saturated heterocycles. The zero-order chi connectivity index (χ0) is 13.5. The molecule has 1 heterocycles. The van der Waals surface area contributed by atoms with Crippen molar-refractivity contribution in [3.8, 4) is 11.8 Å². The highest BCUT2D eigenvalue weighted by atomic mass is 35.5. The molecule has 102 valence electrons. The number of halogens is 1. The average Bonchev–Trinajstić information content (AvgIpc) is 2.45. The molecule has 0 aliphatic carbocycles. The van der Waals surface area contributed by atoms with E-state index in [2.05, 4.69) is 11.8 Å². The number of aliphatic hydroxyl groups is 1. The topological polar surface area (TPSA) is 38.7 Å². The van der Waals surface area contributed by atoms with Crippen LogP contribution in [-0.4, -0.2) is 24.6 Å². The lowest BCUT2D eigenvalue weighted by Crippen LogP contribution is -2.22. The van der Waals surface area contributed by atoms with Crippen molar-refractivity contribution in [1.82, 2.24) is 0 Å². The van der Waals surface area contributed by atoms with Gasteiger partial charge in [-0.15, -0.1) is 0 Å². The van der Waals surface area contributed by atoms with E-state index in [0.717, 1.165) is 31.4 Å². The Hall–Kier alpha value is -1.05. The molecule has 1 aliphatic rings. The van der Waals surface area contributed by atoms with Crippen molar-refractivity contribution in [2.24, 2.45) is 0 Å². The quantitative estimate of drug-likeness (QED) is 0.865. The van der Waals surface area contributed by atoms with Crippen molar-refractivity contribution in [2.75, 3.05) is 13.2 Å². The maximum atomic E-state index is 9.84. The minimum Gasteiger partial charge on any atom is -0.376 e. The lowest BCUT2D eigenvalue weighted by molar-refractivity contribution is -0.154. The van der Waals surface area contributed by atoms with Crippen LogP contribution in [0.25, 0.3) is 0 Å². The first-order valence-electron chi connectivity index (χ1n) is 6.41. The molecule has 0 saturated carbocycles. The van der Waals surface area contributed by atoms with Crippen LogP contribution in [0.15, 0.2) is 24.3 Å². The van der Waals surface area contributed by atoms with Crippen LogP contribution in [0, 0.1) is 11.8 Å². The molecule has 1 N–H and O–H groups in total. The molecule has 0 bridgehead atoms.